The molecule has 1 aromatic carbocycles. The van der Waals surface area contributed by atoms with Gasteiger partial charge in [0.1, 0.15) is 6.04 Å². The van der Waals surface area contributed by atoms with Crippen LogP contribution in [0.3, 0.4) is 0 Å². The third kappa shape index (κ3) is 4.47. The van der Waals surface area contributed by atoms with Gasteiger partial charge in [0.2, 0.25) is 11.8 Å². The molecule has 1 aliphatic rings. The molecule has 0 bridgehead atoms. The molecule has 1 aliphatic carbocycles. The summed E-state index contributed by atoms with van der Waals surface area (Å²) in [4.78, 5) is 34.6. The Morgan fingerprint density at radius 3 is 2.50 bits per heavy atom. The molecule has 0 unspecified atom stereocenters. The number of urea groups is 1. The molecule has 4 amide bonds. The van der Waals surface area contributed by atoms with Gasteiger partial charge in [0.05, 0.1) is 0 Å². The largest absolute Gasteiger partial charge is 0.374 e. The topological polar surface area (TPSA) is 99.3 Å². The van der Waals surface area contributed by atoms with Crippen LogP contribution in [0, 0.1) is 5.92 Å². The summed E-state index contributed by atoms with van der Waals surface area (Å²) in [5, 5.41) is 10.3. The number of amides is 4. The van der Waals surface area contributed by atoms with Crippen molar-refractivity contribution in [3.63, 3.8) is 0 Å². The molecule has 1 fully saturated rings. The lowest BCUT2D eigenvalue weighted by atomic mass is 10.2. The van der Waals surface area contributed by atoms with Gasteiger partial charge in [0.25, 0.3) is 0 Å². The Balaban J connectivity index is 1.92. The Bertz CT molecular complexity index is 584. The molecule has 0 spiro atoms. The Morgan fingerprint density at radius 1 is 1.18 bits per heavy atom. The summed E-state index contributed by atoms with van der Waals surface area (Å²) in [6, 6.07) is 5.98. The smallest absolute Gasteiger partial charge is 0.321 e. The first kappa shape index (κ1) is 15.8. The fraction of sp³-hybridized carbons (Fsp3) is 0.400. The molecule has 0 heterocycles. The second-order valence-electron chi connectivity index (χ2n) is 5.28. The first-order chi connectivity index (χ1) is 10.5. The fourth-order valence-electron chi connectivity index (χ4n) is 1.87. The second-order valence-corrected chi connectivity index (χ2v) is 5.28. The molecule has 0 aromatic heterocycles. The minimum Gasteiger partial charge on any atom is -0.374 e. The molecule has 0 saturated heterocycles. The van der Waals surface area contributed by atoms with E-state index in [0.717, 1.165) is 12.8 Å². The number of nitrogens with one attached hydrogen (secondary N) is 4. The van der Waals surface area contributed by atoms with Crippen LogP contribution in [0.15, 0.2) is 24.3 Å². The molecule has 118 valence electrons. The van der Waals surface area contributed by atoms with Crippen LogP contribution in [-0.2, 0) is 9.59 Å². The summed E-state index contributed by atoms with van der Waals surface area (Å²) >= 11 is 0. The van der Waals surface area contributed by atoms with Crippen molar-refractivity contribution in [1.82, 2.24) is 10.6 Å². The van der Waals surface area contributed by atoms with Gasteiger partial charge in [-0.2, -0.15) is 0 Å². The number of benzene rings is 1. The molecule has 1 atom stereocenters. The molecule has 7 heteroatoms. The van der Waals surface area contributed by atoms with Gasteiger partial charge in [0, 0.05) is 24.3 Å². The standard InChI is InChI=1S/C15H20N4O3/c1-9(13(20)19-15(22)16-2)17-11-4-3-5-12(8-11)18-14(21)10-6-7-10/h3-5,8-10,17H,6-7H2,1-2H3,(H,18,21)(H2,16,19,20,22)/t9-/m0/s1. The summed E-state index contributed by atoms with van der Waals surface area (Å²) in [5.41, 5.74) is 1.37. The molecular weight excluding hydrogens is 284 g/mol. The number of hydrogen-bond donors (Lipinski definition) is 4. The highest BCUT2D eigenvalue weighted by molar-refractivity contribution is 5.98. The maximum absolute atomic E-state index is 11.8. The van der Waals surface area contributed by atoms with Crippen LogP contribution in [0.5, 0.6) is 0 Å². The van der Waals surface area contributed by atoms with E-state index in [0.29, 0.717) is 11.4 Å². The molecular formula is C15H20N4O3. The number of carbonyl (C=O) groups is 3. The van der Waals surface area contributed by atoms with Crippen molar-refractivity contribution < 1.29 is 14.4 Å². The molecule has 1 saturated carbocycles. The molecule has 0 radical (unpaired) electrons. The van der Waals surface area contributed by atoms with Crippen LogP contribution < -0.4 is 21.3 Å². The van der Waals surface area contributed by atoms with Gasteiger partial charge in [-0.1, -0.05) is 6.07 Å². The van der Waals surface area contributed by atoms with E-state index in [-0.39, 0.29) is 11.8 Å². The van der Waals surface area contributed by atoms with E-state index in [1.165, 1.54) is 7.05 Å². The highest BCUT2D eigenvalue weighted by Crippen LogP contribution is 2.30. The Kier molecular flexibility index (Phi) is 4.98. The number of imide groups is 1. The molecule has 1 aromatic rings. The summed E-state index contributed by atoms with van der Waals surface area (Å²) in [6.45, 7) is 1.65. The lowest BCUT2D eigenvalue weighted by Gasteiger charge is -2.15. The van der Waals surface area contributed by atoms with Crippen molar-refractivity contribution in [1.29, 1.82) is 0 Å². The van der Waals surface area contributed by atoms with Crippen molar-refractivity contribution in [2.45, 2.75) is 25.8 Å². The molecule has 4 N–H and O–H groups in total. The van der Waals surface area contributed by atoms with Gasteiger partial charge in [-0.15, -0.1) is 0 Å². The maximum atomic E-state index is 11.8. The van der Waals surface area contributed by atoms with Crippen LogP contribution >= 0.6 is 0 Å². The molecule has 0 aliphatic heterocycles. The lowest BCUT2D eigenvalue weighted by molar-refractivity contribution is -0.120. The average molecular weight is 304 g/mol. The van der Waals surface area contributed by atoms with Gasteiger partial charge in [-0.3, -0.25) is 14.9 Å². The number of anilines is 2. The quantitative estimate of drug-likeness (QED) is 0.658. The van der Waals surface area contributed by atoms with Crippen LogP contribution in [0.4, 0.5) is 16.2 Å². The zero-order valence-corrected chi connectivity index (χ0v) is 12.6. The first-order valence-corrected chi connectivity index (χ1v) is 7.19. The normalized spacial score (nSPS) is 14.6. The monoisotopic (exact) mass is 304 g/mol. The van der Waals surface area contributed by atoms with E-state index >= 15 is 0 Å². The summed E-state index contributed by atoms with van der Waals surface area (Å²) in [5.74, 6) is -0.275. The minimum atomic E-state index is -0.591. The van der Waals surface area contributed by atoms with Crippen molar-refractivity contribution in [2.24, 2.45) is 5.92 Å². The van der Waals surface area contributed by atoms with Crippen LogP contribution in [-0.4, -0.2) is 30.9 Å². The molecule has 7 nitrogen and oxygen atoms in total. The Morgan fingerprint density at radius 2 is 1.86 bits per heavy atom. The lowest BCUT2D eigenvalue weighted by Crippen LogP contribution is -2.44. The predicted octanol–water partition coefficient (Wildman–Crippen LogP) is 1.29. The van der Waals surface area contributed by atoms with Gasteiger partial charge in [-0.25, -0.2) is 4.79 Å². The second kappa shape index (κ2) is 6.93. The van der Waals surface area contributed by atoms with E-state index in [4.69, 9.17) is 0 Å². The van der Waals surface area contributed by atoms with E-state index in [2.05, 4.69) is 21.3 Å². The van der Waals surface area contributed by atoms with Crippen LogP contribution in [0.2, 0.25) is 0 Å². The van der Waals surface area contributed by atoms with E-state index in [1.807, 2.05) is 0 Å². The van der Waals surface area contributed by atoms with Crippen molar-refractivity contribution in [3.05, 3.63) is 24.3 Å². The van der Waals surface area contributed by atoms with E-state index in [9.17, 15) is 14.4 Å². The van der Waals surface area contributed by atoms with Gasteiger partial charge in [-0.05, 0) is 38.0 Å². The van der Waals surface area contributed by atoms with Crippen LogP contribution in [0.1, 0.15) is 19.8 Å². The molecule has 2 rings (SSSR count). The summed E-state index contributed by atoms with van der Waals surface area (Å²) in [6.07, 6.45) is 1.89. The van der Waals surface area contributed by atoms with Crippen molar-refractivity contribution in [3.8, 4) is 0 Å². The first-order valence-electron chi connectivity index (χ1n) is 7.19. The zero-order valence-electron chi connectivity index (χ0n) is 12.6. The summed E-state index contributed by atoms with van der Waals surface area (Å²) < 4.78 is 0. The van der Waals surface area contributed by atoms with Crippen molar-refractivity contribution in [2.75, 3.05) is 17.7 Å². The SMILES string of the molecule is CNC(=O)NC(=O)[C@H](C)Nc1cccc(NC(=O)C2CC2)c1. The van der Waals surface area contributed by atoms with E-state index in [1.54, 1.807) is 31.2 Å². The van der Waals surface area contributed by atoms with E-state index < -0.39 is 18.0 Å². The van der Waals surface area contributed by atoms with Crippen LogP contribution in [0.25, 0.3) is 0 Å². The average Bonchev–Trinajstić information content (AvgIpc) is 3.32. The predicted molar refractivity (Wildman–Crippen MR) is 83.5 cm³/mol. The number of rotatable bonds is 5. The third-order valence-electron chi connectivity index (χ3n) is 3.32. The zero-order chi connectivity index (χ0) is 16.1. The number of hydrogen-bond acceptors (Lipinski definition) is 4. The fourth-order valence-corrected chi connectivity index (χ4v) is 1.87. The minimum absolute atomic E-state index is 0.0301. The van der Waals surface area contributed by atoms with Crippen molar-refractivity contribution >= 4 is 29.2 Å². The summed E-state index contributed by atoms with van der Waals surface area (Å²) in [7, 11) is 1.44. The maximum Gasteiger partial charge on any atom is 0.321 e. The molecule has 22 heavy (non-hydrogen) atoms. The van der Waals surface area contributed by atoms with Gasteiger partial charge in [0.15, 0.2) is 0 Å². The highest BCUT2D eigenvalue weighted by Gasteiger charge is 2.29. The Hall–Kier alpha value is -2.57. The Labute approximate surface area is 128 Å². The third-order valence-corrected chi connectivity index (χ3v) is 3.32. The number of carbonyl (C=O) groups excluding carboxylic acids is 3. The van der Waals surface area contributed by atoms with Gasteiger partial charge >= 0.3 is 6.03 Å². The van der Waals surface area contributed by atoms with Gasteiger partial charge < -0.3 is 16.0 Å². The highest BCUT2D eigenvalue weighted by atomic mass is 16.2.